The van der Waals surface area contributed by atoms with Gasteiger partial charge in [0.25, 0.3) is 0 Å². The minimum Gasteiger partial charge on any atom is -0.361 e. The third-order valence-corrected chi connectivity index (χ3v) is 3.68. The van der Waals surface area contributed by atoms with Gasteiger partial charge in [0.2, 0.25) is 0 Å². The molecule has 2 aromatic rings. The van der Waals surface area contributed by atoms with Crippen LogP contribution in [-0.2, 0) is 12.0 Å². The molecular formula is C17H24N2O. The van der Waals surface area contributed by atoms with Crippen LogP contribution in [0.25, 0.3) is 0 Å². The molecule has 0 aliphatic rings. The minimum absolute atomic E-state index is 0.160. The van der Waals surface area contributed by atoms with E-state index in [0.29, 0.717) is 6.04 Å². The Labute approximate surface area is 121 Å². The highest BCUT2D eigenvalue weighted by molar-refractivity contribution is 5.23. The minimum atomic E-state index is 0.160. The van der Waals surface area contributed by atoms with E-state index in [1.54, 1.807) is 0 Å². The lowest BCUT2D eigenvalue weighted by atomic mass is 9.79. The molecule has 0 radical (unpaired) electrons. The predicted molar refractivity (Wildman–Crippen MR) is 81.6 cm³/mol. The Morgan fingerprint density at radius 3 is 2.55 bits per heavy atom. The van der Waals surface area contributed by atoms with Crippen LogP contribution in [-0.4, -0.2) is 11.2 Å². The van der Waals surface area contributed by atoms with Crippen molar-refractivity contribution >= 4 is 0 Å². The fourth-order valence-corrected chi connectivity index (χ4v) is 2.62. The highest BCUT2D eigenvalue weighted by atomic mass is 16.5. The van der Waals surface area contributed by atoms with Crippen LogP contribution in [0.1, 0.15) is 44.2 Å². The number of aryl methyl sites for hydroxylation is 1. The van der Waals surface area contributed by atoms with Crippen LogP contribution in [0.4, 0.5) is 0 Å². The number of rotatable bonds is 6. The summed E-state index contributed by atoms with van der Waals surface area (Å²) in [6, 6.07) is 13.1. The normalized spacial score (nSPS) is 13.4. The summed E-state index contributed by atoms with van der Waals surface area (Å²) in [5.41, 5.74) is 2.51. The van der Waals surface area contributed by atoms with Crippen molar-refractivity contribution < 1.29 is 4.52 Å². The average Bonchev–Trinajstić information content (AvgIpc) is 2.83. The van der Waals surface area contributed by atoms with Gasteiger partial charge in [0.15, 0.2) is 0 Å². The molecule has 1 aromatic carbocycles. The molecular weight excluding hydrogens is 248 g/mol. The summed E-state index contributed by atoms with van der Waals surface area (Å²) < 4.78 is 5.08. The summed E-state index contributed by atoms with van der Waals surface area (Å²) in [4.78, 5) is 0. The maximum absolute atomic E-state index is 5.08. The summed E-state index contributed by atoms with van der Waals surface area (Å²) in [5.74, 6) is 0.860. The summed E-state index contributed by atoms with van der Waals surface area (Å²) in [6.07, 6.45) is 1.08. The second kappa shape index (κ2) is 6.23. The fourth-order valence-electron chi connectivity index (χ4n) is 2.62. The molecule has 3 heteroatoms. The molecule has 0 spiro atoms. The second-order valence-electron chi connectivity index (χ2n) is 6.16. The Balaban J connectivity index is 1.89. The Kier molecular flexibility index (Phi) is 4.61. The first-order valence-corrected chi connectivity index (χ1v) is 7.18. The molecule has 0 fully saturated rings. The first-order chi connectivity index (χ1) is 9.47. The van der Waals surface area contributed by atoms with Crippen molar-refractivity contribution in [2.24, 2.45) is 0 Å². The van der Waals surface area contributed by atoms with E-state index in [1.165, 1.54) is 5.56 Å². The van der Waals surface area contributed by atoms with Gasteiger partial charge in [-0.25, -0.2) is 0 Å². The average molecular weight is 272 g/mol. The third-order valence-electron chi connectivity index (χ3n) is 3.68. The molecule has 1 heterocycles. The lowest BCUT2D eigenvalue weighted by molar-refractivity contribution is 0.369. The quantitative estimate of drug-likeness (QED) is 0.868. The van der Waals surface area contributed by atoms with Gasteiger partial charge in [-0.3, -0.25) is 0 Å². The largest absolute Gasteiger partial charge is 0.361 e. The Bertz CT molecular complexity index is 531. The van der Waals surface area contributed by atoms with Crippen LogP contribution in [0, 0.1) is 6.92 Å². The van der Waals surface area contributed by atoms with Gasteiger partial charge in [-0.1, -0.05) is 49.3 Å². The number of hydrogen-bond acceptors (Lipinski definition) is 3. The van der Waals surface area contributed by atoms with Gasteiger partial charge in [-0.05, 0) is 31.2 Å². The maximum atomic E-state index is 5.08. The van der Waals surface area contributed by atoms with Crippen molar-refractivity contribution in [2.45, 2.75) is 52.1 Å². The van der Waals surface area contributed by atoms with Gasteiger partial charge < -0.3 is 9.84 Å². The summed E-state index contributed by atoms with van der Waals surface area (Å²) >= 11 is 0. The van der Waals surface area contributed by atoms with E-state index in [1.807, 2.05) is 13.0 Å². The van der Waals surface area contributed by atoms with E-state index >= 15 is 0 Å². The van der Waals surface area contributed by atoms with Crippen molar-refractivity contribution in [3.63, 3.8) is 0 Å². The van der Waals surface area contributed by atoms with Crippen LogP contribution in [0.5, 0.6) is 0 Å². The predicted octanol–water partition coefficient (Wildman–Crippen LogP) is 3.83. The fraction of sp³-hybridized carbons (Fsp3) is 0.471. The van der Waals surface area contributed by atoms with Gasteiger partial charge in [0.1, 0.15) is 5.76 Å². The zero-order valence-electron chi connectivity index (χ0n) is 12.8. The van der Waals surface area contributed by atoms with Crippen LogP contribution in [0.3, 0.4) is 0 Å². The number of hydrogen-bond donors (Lipinski definition) is 1. The molecule has 0 bridgehead atoms. The molecule has 108 valence electrons. The number of benzene rings is 1. The summed E-state index contributed by atoms with van der Waals surface area (Å²) in [5, 5.41) is 7.52. The van der Waals surface area contributed by atoms with Crippen molar-refractivity contribution in [3.05, 3.63) is 53.4 Å². The molecule has 1 atom stereocenters. The zero-order valence-corrected chi connectivity index (χ0v) is 12.8. The summed E-state index contributed by atoms with van der Waals surface area (Å²) in [6.45, 7) is 9.47. The highest BCUT2D eigenvalue weighted by Crippen LogP contribution is 2.28. The molecule has 2 rings (SSSR count). The first kappa shape index (κ1) is 14.8. The third kappa shape index (κ3) is 3.94. The lowest BCUT2D eigenvalue weighted by Gasteiger charge is -2.29. The van der Waals surface area contributed by atoms with Gasteiger partial charge in [0, 0.05) is 18.7 Å². The van der Waals surface area contributed by atoms with Crippen LogP contribution < -0.4 is 5.32 Å². The SMILES string of the molecule is Cc1cc(CNC(C)CC(C)(C)c2ccccc2)no1. The summed E-state index contributed by atoms with van der Waals surface area (Å²) in [7, 11) is 0. The Morgan fingerprint density at radius 2 is 1.95 bits per heavy atom. The van der Waals surface area contributed by atoms with Gasteiger partial charge in [-0.2, -0.15) is 0 Å². The molecule has 0 saturated heterocycles. The number of aromatic nitrogens is 1. The van der Waals surface area contributed by atoms with E-state index in [0.717, 1.165) is 24.4 Å². The van der Waals surface area contributed by atoms with E-state index in [4.69, 9.17) is 4.52 Å². The van der Waals surface area contributed by atoms with Crippen molar-refractivity contribution in [1.29, 1.82) is 0 Å². The molecule has 0 amide bonds. The molecule has 1 aromatic heterocycles. The Hall–Kier alpha value is -1.61. The smallest absolute Gasteiger partial charge is 0.133 e. The highest BCUT2D eigenvalue weighted by Gasteiger charge is 2.23. The topological polar surface area (TPSA) is 38.1 Å². The molecule has 0 saturated carbocycles. The van der Waals surface area contributed by atoms with E-state index in [2.05, 4.69) is 61.6 Å². The standard InChI is InChI=1S/C17H24N2O/c1-13(18-12-16-10-14(2)20-19-16)11-17(3,4)15-8-6-5-7-9-15/h5-10,13,18H,11-12H2,1-4H3. The molecule has 0 aliphatic heterocycles. The van der Waals surface area contributed by atoms with Crippen LogP contribution in [0.15, 0.2) is 40.9 Å². The maximum Gasteiger partial charge on any atom is 0.133 e. The van der Waals surface area contributed by atoms with Gasteiger partial charge in [0.05, 0.1) is 5.69 Å². The van der Waals surface area contributed by atoms with E-state index in [9.17, 15) is 0 Å². The van der Waals surface area contributed by atoms with Crippen molar-refractivity contribution in [2.75, 3.05) is 0 Å². The lowest BCUT2D eigenvalue weighted by Crippen LogP contribution is -2.33. The zero-order chi connectivity index (χ0) is 14.6. The number of nitrogens with zero attached hydrogens (tertiary/aromatic N) is 1. The van der Waals surface area contributed by atoms with E-state index in [-0.39, 0.29) is 5.41 Å². The monoisotopic (exact) mass is 272 g/mol. The van der Waals surface area contributed by atoms with Gasteiger partial charge in [-0.15, -0.1) is 0 Å². The second-order valence-corrected chi connectivity index (χ2v) is 6.16. The van der Waals surface area contributed by atoms with Crippen LogP contribution in [0.2, 0.25) is 0 Å². The molecule has 1 N–H and O–H groups in total. The van der Waals surface area contributed by atoms with Crippen LogP contribution >= 0.6 is 0 Å². The Morgan fingerprint density at radius 1 is 1.25 bits per heavy atom. The molecule has 20 heavy (non-hydrogen) atoms. The van der Waals surface area contributed by atoms with Crippen molar-refractivity contribution in [1.82, 2.24) is 10.5 Å². The van der Waals surface area contributed by atoms with Crippen molar-refractivity contribution in [3.8, 4) is 0 Å². The van der Waals surface area contributed by atoms with Gasteiger partial charge >= 0.3 is 0 Å². The van der Waals surface area contributed by atoms with E-state index < -0.39 is 0 Å². The first-order valence-electron chi connectivity index (χ1n) is 7.18. The molecule has 3 nitrogen and oxygen atoms in total. The molecule has 1 unspecified atom stereocenters. The number of nitrogens with one attached hydrogen (secondary N) is 1. The molecule has 0 aliphatic carbocycles.